The van der Waals surface area contributed by atoms with E-state index in [2.05, 4.69) is 21.3 Å². The Labute approximate surface area is 325 Å². The normalized spacial score (nSPS) is 22.3. The molecule has 0 radical (unpaired) electrons. The lowest BCUT2D eigenvalue weighted by molar-refractivity contribution is -0.145. The van der Waals surface area contributed by atoms with Crippen LogP contribution in [0.25, 0.3) is 0 Å². The van der Waals surface area contributed by atoms with Gasteiger partial charge in [0.25, 0.3) is 0 Å². The van der Waals surface area contributed by atoms with Crippen LogP contribution in [-0.4, -0.2) is 78.2 Å². The van der Waals surface area contributed by atoms with Crippen LogP contribution in [0.2, 0.25) is 0 Å². The Hall–Kier alpha value is -5.07. The molecule has 1 unspecified atom stereocenters. The van der Waals surface area contributed by atoms with Gasteiger partial charge in [-0.3, -0.25) is 24.0 Å². The number of likely N-dealkylation sites (N-methyl/N-ethyl adjacent to an activating group) is 1. The van der Waals surface area contributed by atoms with Crippen LogP contribution < -0.4 is 27.0 Å². The minimum atomic E-state index is -1.34. The quantitative estimate of drug-likeness (QED) is 0.156. The average molecular weight is 755 g/mol. The van der Waals surface area contributed by atoms with Gasteiger partial charge in [-0.2, -0.15) is 0 Å². The number of nitrogens with one attached hydrogen (secondary N) is 4. The van der Waals surface area contributed by atoms with Gasteiger partial charge in [0.2, 0.25) is 29.5 Å². The molecular weight excluding hydrogens is 697 g/mol. The minimum absolute atomic E-state index is 0.0210. The molecule has 55 heavy (non-hydrogen) atoms. The van der Waals surface area contributed by atoms with Crippen molar-refractivity contribution in [3.05, 3.63) is 108 Å². The van der Waals surface area contributed by atoms with Crippen LogP contribution in [0.4, 0.5) is 0 Å². The molecule has 6 atom stereocenters. The van der Waals surface area contributed by atoms with Gasteiger partial charge in [0.15, 0.2) is 0 Å². The smallest absolute Gasteiger partial charge is 0.246 e. The highest BCUT2D eigenvalue weighted by Crippen LogP contribution is 2.25. The van der Waals surface area contributed by atoms with Crippen molar-refractivity contribution in [1.29, 1.82) is 0 Å². The number of ether oxygens (including phenoxy) is 1. The topological polar surface area (TPSA) is 172 Å². The molecule has 0 aromatic heterocycles. The number of nitrogens with zero attached hydrogens (tertiary/aromatic N) is 1. The highest BCUT2D eigenvalue weighted by atomic mass is 16.5. The van der Waals surface area contributed by atoms with Crippen LogP contribution in [0.1, 0.15) is 76.2 Å². The largest absolute Gasteiger partial charge is 0.366 e. The number of carbonyl (C=O) groups excluding carboxylic acids is 5. The molecule has 0 saturated carbocycles. The minimum Gasteiger partial charge on any atom is -0.366 e. The molecule has 6 N–H and O–H groups in total. The molecule has 0 spiro atoms. The first-order valence-electron chi connectivity index (χ1n) is 19.3. The number of amides is 5. The predicted octanol–water partition coefficient (Wildman–Crippen LogP) is 3.80. The molecule has 1 saturated heterocycles. The van der Waals surface area contributed by atoms with E-state index in [1.54, 1.807) is 7.05 Å². The Bertz CT molecular complexity index is 1690. The average Bonchev–Trinajstić information content (AvgIpc) is 3.16. The van der Waals surface area contributed by atoms with Crippen LogP contribution in [0.5, 0.6) is 0 Å². The van der Waals surface area contributed by atoms with Crippen LogP contribution >= 0.6 is 0 Å². The van der Waals surface area contributed by atoms with Crippen molar-refractivity contribution in [3.8, 4) is 0 Å². The van der Waals surface area contributed by atoms with Crippen molar-refractivity contribution in [1.82, 2.24) is 26.2 Å². The lowest BCUT2D eigenvalue weighted by Crippen LogP contribution is -2.60. The summed E-state index contributed by atoms with van der Waals surface area (Å²) < 4.78 is 6.51. The summed E-state index contributed by atoms with van der Waals surface area (Å²) in [5.41, 5.74) is 8.03. The zero-order chi connectivity index (χ0) is 39.9. The fraction of sp³-hybridized carbons (Fsp3) is 0.465. The van der Waals surface area contributed by atoms with E-state index in [0.717, 1.165) is 11.1 Å². The summed E-state index contributed by atoms with van der Waals surface area (Å²) in [6.07, 6.45) is 0.788. The molecule has 0 bridgehead atoms. The maximum absolute atomic E-state index is 14.7. The maximum atomic E-state index is 14.7. The number of hydrogen-bond donors (Lipinski definition) is 5. The zero-order valence-corrected chi connectivity index (χ0v) is 32.7. The van der Waals surface area contributed by atoms with Gasteiger partial charge in [-0.15, -0.1) is 0 Å². The molecule has 4 rings (SSSR count). The van der Waals surface area contributed by atoms with Crippen LogP contribution in [-0.2, 0) is 41.7 Å². The molecule has 0 aliphatic carbocycles. The van der Waals surface area contributed by atoms with Crippen LogP contribution in [0, 0.1) is 11.8 Å². The van der Waals surface area contributed by atoms with Gasteiger partial charge >= 0.3 is 0 Å². The summed E-state index contributed by atoms with van der Waals surface area (Å²) in [5.74, 6) is -3.19. The van der Waals surface area contributed by atoms with Crippen molar-refractivity contribution in [2.24, 2.45) is 17.6 Å². The van der Waals surface area contributed by atoms with E-state index < -0.39 is 65.8 Å². The van der Waals surface area contributed by atoms with E-state index in [9.17, 15) is 24.0 Å². The summed E-state index contributed by atoms with van der Waals surface area (Å²) >= 11 is 0. The Kier molecular flexibility index (Phi) is 16.4. The van der Waals surface area contributed by atoms with E-state index >= 15 is 0 Å². The van der Waals surface area contributed by atoms with Crippen LogP contribution in [0.3, 0.4) is 0 Å². The molecule has 1 fully saturated rings. The van der Waals surface area contributed by atoms with Gasteiger partial charge in [-0.25, -0.2) is 0 Å². The summed E-state index contributed by atoms with van der Waals surface area (Å²) in [7, 11) is 1.54. The van der Waals surface area contributed by atoms with Crippen molar-refractivity contribution in [2.75, 3.05) is 13.6 Å². The number of hydrogen-bond acceptors (Lipinski definition) is 7. The molecule has 1 aliphatic heterocycles. The molecule has 5 amide bonds. The Morgan fingerprint density at radius 3 is 1.78 bits per heavy atom. The molecule has 3 aromatic rings. The first-order chi connectivity index (χ1) is 26.4. The molecular formula is C43H58N6O6. The third-order valence-corrected chi connectivity index (χ3v) is 9.77. The fourth-order valence-corrected chi connectivity index (χ4v) is 6.93. The van der Waals surface area contributed by atoms with E-state index in [4.69, 9.17) is 10.5 Å². The third kappa shape index (κ3) is 12.5. The highest BCUT2D eigenvalue weighted by Gasteiger charge is 2.40. The Balaban J connectivity index is 1.86. The van der Waals surface area contributed by atoms with Gasteiger partial charge in [-0.05, 0) is 60.8 Å². The van der Waals surface area contributed by atoms with E-state index in [1.165, 1.54) is 4.90 Å². The molecule has 12 heteroatoms. The van der Waals surface area contributed by atoms with Crippen LogP contribution in [0.15, 0.2) is 91.0 Å². The maximum Gasteiger partial charge on any atom is 0.246 e. The number of nitrogens with two attached hydrogens (primary N) is 1. The third-order valence-electron chi connectivity index (χ3n) is 9.77. The molecule has 296 valence electrons. The van der Waals surface area contributed by atoms with Gasteiger partial charge in [-0.1, -0.05) is 119 Å². The van der Waals surface area contributed by atoms with Gasteiger partial charge in [0.05, 0.1) is 6.61 Å². The van der Waals surface area contributed by atoms with Crippen molar-refractivity contribution >= 4 is 29.5 Å². The van der Waals surface area contributed by atoms with Crippen molar-refractivity contribution in [3.63, 3.8) is 0 Å². The second-order valence-electron chi connectivity index (χ2n) is 15.0. The fourth-order valence-electron chi connectivity index (χ4n) is 6.93. The molecule has 12 nitrogen and oxygen atoms in total. The SMILES string of the molecule is CC(C)C[C@@H]1NC(=O)[C@H](C(OCc2ccccc2)c2ccccc2)NC(=O)[C@H](Cc2ccccc2)NC(=O)[C@H](CCCCN)NC(=O)[C@H](C(C)C)N(C)C1=O. The first kappa shape index (κ1) is 42.7. The Morgan fingerprint density at radius 2 is 1.20 bits per heavy atom. The second-order valence-corrected chi connectivity index (χ2v) is 15.0. The van der Waals surface area contributed by atoms with E-state index in [1.807, 2.05) is 119 Å². The lowest BCUT2D eigenvalue weighted by Gasteiger charge is -2.35. The van der Waals surface area contributed by atoms with Crippen molar-refractivity contribution in [2.45, 2.75) is 103 Å². The number of unbranched alkanes of at least 4 members (excludes halogenated alkanes) is 1. The number of carbonyl (C=O) groups is 5. The predicted molar refractivity (Wildman–Crippen MR) is 212 cm³/mol. The summed E-state index contributed by atoms with van der Waals surface area (Å²) in [4.78, 5) is 73.3. The number of benzene rings is 3. The lowest BCUT2D eigenvalue weighted by atomic mass is 9.96. The monoisotopic (exact) mass is 754 g/mol. The van der Waals surface area contributed by atoms with Crippen molar-refractivity contribution < 1.29 is 28.7 Å². The zero-order valence-electron chi connectivity index (χ0n) is 32.7. The van der Waals surface area contributed by atoms with Gasteiger partial charge in [0.1, 0.15) is 36.3 Å². The van der Waals surface area contributed by atoms with E-state index in [-0.39, 0.29) is 37.7 Å². The molecule has 1 heterocycles. The van der Waals surface area contributed by atoms with E-state index in [0.29, 0.717) is 24.9 Å². The molecule has 1 aliphatic rings. The Morgan fingerprint density at radius 1 is 0.655 bits per heavy atom. The number of rotatable bonds is 14. The highest BCUT2D eigenvalue weighted by molar-refractivity contribution is 5.98. The van der Waals surface area contributed by atoms with Gasteiger partial charge < -0.3 is 36.6 Å². The standard InChI is InChI=1S/C43H58N6O6/c1-28(2)25-35-43(54)49(5)37(29(3)4)42(53)45-33(23-15-16-24-44)39(50)46-34(26-30-17-9-6-10-18-30)40(51)48-36(41(52)47-35)38(32-21-13-8-14-22-32)55-27-31-19-11-7-12-20-31/h6-14,17-22,28-29,33-38H,15-16,23-27,44H2,1-5H3,(H,45,53)(H,46,50)(H,47,52)(H,48,51)/t33-,34-,35-,36-,37-,38?/m0/s1. The summed E-state index contributed by atoms with van der Waals surface area (Å²) in [6.45, 7) is 8.05. The van der Waals surface area contributed by atoms with Gasteiger partial charge in [0, 0.05) is 13.5 Å². The summed E-state index contributed by atoms with van der Waals surface area (Å²) in [6, 6.07) is 22.3. The summed E-state index contributed by atoms with van der Waals surface area (Å²) in [5, 5.41) is 11.7. The first-order valence-corrected chi connectivity index (χ1v) is 19.3. The second kappa shape index (κ2) is 21.1. The molecule has 3 aromatic carbocycles.